The third-order valence-electron chi connectivity index (χ3n) is 2.83. The Kier molecular flexibility index (Phi) is 4.28. The van der Waals surface area contributed by atoms with Gasteiger partial charge in [-0.2, -0.15) is 0 Å². The second-order valence-electron chi connectivity index (χ2n) is 4.14. The van der Waals surface area contributed by atoms with E-state index in [-0.39, 0.29) is 0 Å². The van der Waals surface area contributed by atoms with Crippen molar-refractivity contribution in [3.05, 3.63) is 24.0 Å². The summed E-state index contributed by atoms with van der Waals surface area (Å²) in [5, 5.41) is 3.33. The van der Waals surface area contributed by atoms with Crippen molar-refractivity contribution in [1.29, 1.82) is 0 Å². The molecule has 3 N–H and O–H groups in total. The Hall–Kier alpha value is -1.20. The number of nitrogens with zero attached hydrogens (tertiary/aromatic N) is 1. The van der Waals surface area contributed by atoms with Crippen LogP contribution in [0.2, 0.25) is 0 Å². The minimum absolute atomic E-state index is 0.327. The number of nitrogens with one attached hydrogen (secondary N) is 1. The molecule has 2 rings (SSSR count). The standard InChI is InChI=1S/C12H17N3OS/c13-12(17)11-8-9(3-5-15-11)14-6-4-10-2-1-7-16-10/h3,5,8,10H,1-2,4,6-7H2,(H2,13,17)(H,14,15). The molecule has 2 heterocycles. The molecule has 0 aromatic carbocycles. The van der Waals surface area contributed by atoms with Crippen LogP contribution in [0.3, 0.4) is 0 Å². The molecule has 1 aromatic heterocycles. The molecule has 0 aliphatic carbocycles. The first-order valence-corrected chi connectivity index (χ1v) is 6.28. The van der Waals surface area contributed by atoms with Gasteiger partial charge in [0.2, 0.25) is 0 Å². The summed E-state index contributed by atoms with van der Waals surface area (Å²) in [5.41, 5.74) is 7.19. The maximum Gasteiger partial charge on any atom is 0.122 e. The van der Waals surface area contributed by atoms with Gasteiger partial charge in [-0.1, -0.05) is 12.2 Å². The van der Waals surface area contributed by atoms with Crippen molar-refractivity contribution >= 4 is 22.9 Å². The van der Waals surface area contributed by atoms with Crippen LogP contribution in [0, 0.1) is 0 Å². The van der Waals surface area contributed by atoms with E-state index < -0.39 is 0 Å². The second-order valence-corrected chi connectivity index (χ2v) is 4.58. The van der Waals surface area contributed by atoms with Gasteiger partial charge in [-0.3, -0.25) is 4.98 Å². The van der Waals surface area contributed by atoms with Gasteiger partial charge in [0.1, 0.15) is 4.99 Å². The predicted octanol–water partition coefficient (Wildman–Crippen LogP) is 1.70. The summed E-state index contributed by atoms with van der Waals surface area (Å²) in [6.45, 7) is 1.80. The Morgan fingerprint density at radius 3 is 3.24 bits per heavy atom. The van der Waals surface area contributed by atoms with Gasteiger partial charge in [-0.05, 0) is 31.4 Å². The fourth-order valence-electron chi connectivity index (χ4n) is 1.92. The van der Waals surface area contributed by atoms with E-state index in [0.29, 0.717) is 16.8 Å². The highest BCUT2D eigenvalue weighted by Crippen LogP contribution is 2.15. The highest BCUT2D eigenvalue weighted by molar-refractivity contribution is 7.80. The summed E-state index contributed by atoms with van der Waals surface area (Å²) in [6.07, 6.45) is 5.52. The van der Waals surface area contributed by atoms with E-state index in [1.807, 2.05) is 12.1 Å². The highest BCUT2D eigenvalue weighted by Gasteiger charge is 2.14. The number of nitrogens with two attached hydrogens (primary N) is 1. The number of hydrogen-bond donors (Lipinski definition) is 2. The lowest BCUT2D eigenvalue weighted by molar-refractivity contribution is 0.107. The molecule has 4 nitrogen and oxygen atoms in total. The molecule has 1 fully saturated rings. The average molecular weight is 251 g/mol. The lowest BCUT2D eigenvalue weighted by Gasteiger charge is -2.11. The lowest BCUT2D eigenvalue weighted by Crippen LogP contribution is -2.14. The van der Waals surface area contributed by atoms with Gasteiger partial charge in [0.25, 0.3) is 0 Å². The first kappa shape index (κ1) is 12.3. The summed E-state index contributed by atoms with van der Waals surface area (Å²) in [7, 11) is 0. The van der Waals surface area contributed by atoms with Crippen molar-refractivity contribution in [2.75, 3.05) is 18.5 Å². The molecule has 1 aliphatic heterocycles. The smallest absolute Gasteiger partial charge is 0.122 e. The number of rotatable bonds is 5. The molecule has 0 spiro atoms. The van der Waals surface area contributed by atoms with Crippen molar-refractivity contribution in [2.45, 2.75) is 25.4 Å². The molecule has 17 heavy (non-hydrogen) atoms. The van der Waals surface area contributed by atoms with E-state index in [1.165, 1.54) is 12.8 Å². The minimum Gasteiger partial charge on any atom is -0.388 e. The molecule has 92 valence electrons. The maximum absolute atomic E-state index is 5.56. The third-order valence-corrected chi connectivity index (χ3v) is 3.04. The van der Waals surface area contributed by atoms with E-state index in [4.69, 9.17) is 22.7 Å². The van der Waals surface area contributed by atoms with Crippen molar-refractivity contribution < 1.29 is 4.74 Å². The number of hydrogen-bond acceptors (Lipinski definition) is 4. The van der Waals surface area contributed by atoms with Gasteiger partial charge < -0.3 is 15.8 Å². The quantitative estimate of drug-likeness (QED) is 0.780. The molecule has 0 bridgehead atoms. The van der Waals surface area contributed by atoms with Gasteiger partial charge in [-0.15, -0.1) is 0 Å². The average Bonchev–Trinajstić information content (AvgIpc) is 2.82. The van der Waals surface area contributed by atoms with E-state index in [1.54, 1.807) is 6.20 Å². The van der Waals surface area contributed by atoms with Gasteiger partial charge in [0, 0.05) is 25.0 Å². The summed E-state index contributed by atoms with van der Waals surface area (Å²) in [5.74, 6) is 0. The van der Waals surface area contributed by atoms with Crippen molar-refractivity contribution in [3.63, 3.8) is 0 Å². The van der Waals surface area contributed by atoms with Crippen LogP contribution in [0.1, 0.15) is 25.0 Å². The number of anilines is 1. The number of ether oxygens (including phenoxy) is 1. The normalized spacial score (nSPS) is 19.2. The van der Waals surface area contributed by atoms with Crippen LogP contribution in [-0.2, 0) is 4.74 Å². The Labute approximate surface area is 107 Å². The number of aromatic nitrogens is 1. The second kappa shape index (κ2) is 5.93. The zero-order chi connectivity index (χ0) is 12.1. The van der Waals surface area contributed by atoms with Gasteiger partial charge in [0.05, 0.1) is 11.8 Å². The van der Waals surface area contributed by atoms with Crippen LogP contribution in [0.5, 0.6) is 0 Å². The zero-order valence-corrected chi connectivity index (χ0v) is 10.5. The van der Waals surface area contributed by atoms with Crippen LogP contribution in [0.15, 0.2) is 18.3 Å². The highest BCUT2D eigenvalue weighted by atomic mass is 32.1. The molecule has 0 saturated carbocycles. The zero-order valence-electron chi connectivity index (χ0n) is 9.69. The largest absolute Gasteiger partial charge is 0.388 e. The van der Waals surface area contributed by atoms with Gasteiger partial charge >= 0.3 is 0 Å². The van der Waals surface area contributed by atoms with E-state index in [2.05, 4.69) is 10.3 Å². The minimum atomic E-state index is 0.327. The molecule has 1 atom stereocenters. The fraction of sp³-hybridized carbons (Fsp3) is 0.500. The topological polar surface area (TPSA) is 60.2 Å². The molecule has 5 heteroatoms. The molecular weight excluding hydrogens is 234 g/mol. The van der Waals surface area contributed by atoms with Crippen LogP contribution in [0.4, 0.5) is 5.69 Å². The molecule has 1 aromatic rings. The van der Waals surface area contributed by atoms with Gasteiger partial charge in [0.15, 0.2) is 0 Å². The SMILES string of the molecule is NC(=S)c1cc(NCCC2CCCO2)ccn1. The Bertz CT molecular complexity index is 391. The number of pyridine rings is 1. The molecular formula is C12H17N3OS. The van der Waals surface area contributed by atoms with Crippen LogP contribution in [0.25, 0.3) is 0 Å². The lowest BCUT2D eigenvalue weighted by atomic mass is 10.2. The molecule has 1 aliphatic rings. The van der Waals surface area contributed by atoms with Crippen LogP contribution >= 0.6 is 12.2 Å². The van der Waals surface area contributed by atoms with Crippen molar-refractivity contribution in [3.8, 4) is 0 Å². The van der Waals surface area contributed by atoms with E-state index in [0.717, 1.165) is 25.3 Å². The van der Waals surface area contributed by atoms with Crippen molar-refractivity contribution in [1.82, 2.24) is 4.98 Å². The number of thiocarbonyl (C=S) groups is 1. The predicted molar refractivity (Wildman–Crippen MR) is 72.2 cm³/mol. The Balaban J connectivity index is 1.81. The first-order valence-electron chi connectivity index (χ1n) is 5.87. The van der Waals surface area contributed by atoms with E-state index >= 15 is 0 Å². The summed E-state index contributed by atoms with van der Waals surface area (Å²) < 4.78 is 5.56. The summed E-state index contributed by atoms with van der Waals surface area (Å²) in [6, 6.07) is 3.79. The first-order chi connectivity index (χ1) is 8.25. The molecule has 1 unspecified atom stereocenters. The molecule has 0 amide bonds. The van der Waals surface area contributed by atoms with Crippen LogP contribution < -0.4 is 11.1 Å². The Morgan fingerprint density at radius 1 is 1.65 bits per heavy atom. The summed E-state index contributed by atoms with van der Waals surface area (Å²) in [4.78, 5) is 4.42. The third kappa shape index (κ3) is 3.64. The van der Waals surface area contributed by atoms with Crippen molar-refractivity contribution in [2.24, 2.45) is 5.73 Å². The fourth-order valence-corrected chi connectivity index (χ4v) is 2.04. The monoisotopic (exact) mass is 251 g/mol. The maximum atomic E-state index is 5.56. The summed E-state index contributed by atoms with van der Waals surface area (Å²) >= 11 is 4.89. The van der Waals surface area contributed by atoms with Gasteiger partial charge in [-0.25, -0.2) is 0 Å². The Morgan fingerprint density at radius 2 is 2.53 bits per heavy atom. The van der Waals surface area contributed by atoms with Crippen LogP contribution in [-0.4, -0.2) is 29.2 Å². The molecule has 0 radical (unpaired) electrons. The van der Waals surface area contributed by atoms with E-state index in [9.17, 15) is 0 Å². The molecule has 1 saturated heterocycles.